The van der Waals surface area contributed by atoms with Crippen LogP contribution in [0.25, 0.3) is 0 Å². The van der Waals surface area contributed by atoms with Crippen LogP contribution in [-0.2, 0) is 59.9 Å². The number of rotatable bonds is 44. The van der Waals surface area contributed by atoms with Crippen LogP contribution in [0, 0.1) is 0 Å². The Bertz CT molecular complexity index is 1650. The van der Waals surface area contributed by atoms with Crippen LogP contribution in [0.1, 0.15) is 194 Å². The van der Waals surface area contributed by atoms with E-state index in [0.717, 1.165) is 70.6 Å². The van der Waals surface area contributed by atoms with Gasteiger partial charge in [-0.15, -0.1) is 0 Å². The van der Waals surface area contributed by atoms with Gasteiger partial charge in [-0.25, -0.2) is 18.3 Å². The molecule has 1 fully saturated rings. The summed E-state index contributed by atoms with van der Waals surface area (Å²) in [6.45, 7) is 2.74. The Morgan fingerprint density at radius 1 is 0.437 bits per heavy atom. The largest absolute Gasteiger partial charge is 0.472 e. The van der Waals surface area contributed by atoms with Gasteiger partial charge >= 0.3 is 43.2 Å². The van der Waals surface area contributed by atoms with Crippen molar-refractivity contribution in [2.75, 3.05) is 13.2 Å². The van der Waals surface area contributed by atoms with Crippen molar-refractivity contribution in [1.82, 2.24) is 0 Å². The number of carbonyl (C=O) groups excluding carboxylic acids is 2. The predicted octanol–water partition coefficient (Wildman–Crippen LogP) is 9.19. The van der Waals surface area contributed by atoms with Crippen LogP contribution in [0.2, 0.25) is 0 Å². The summed E-state index contributed by atoms with van der Waals surface area (Å²) in [4.78, 5) is 92.9. The Morgan fingerprint density at radius 2 is 0.775 bits per heavy atom. The van der Waals surface area contributed by atoms with Crippen LogP contribution in [-0.4, -0.2) is 112 Å². The normalized spacial score (nSPS) is 21.5. The standard InChI is InChI=1S/C45H86O22P4/c1-3-5-7-9-11-13-15-17-19-21-23-25-27-29-31-33-38(46)61-35-37(63-39(47)34-32-30-28-26-24-22-20-18-16-14-12-10-8-6-4-2)36-62-71(59,60)67-42-40(48)43(64-68(50,51)52)45(66-70(56,57)58)44(41(42)49)65-69(53,54)55/h17-20,37,40-45,48-49H,3-16,21-36H2,1-2H3,(H,59,60)(H2,50,51,52)(H2,53,54,55)(H2,56,57,58)/b19-17+,20-18+/t37-,40-,41-,42?,43-,44+,45?/m0/s1. The van der Waals surface area contributed by atoms with Crippen molar-refractivity contribution in [2.24, 2.45) is 0 Å². The van der Waals surface area contributed by atoms with E-state index in [-0.39, 0.29) is 12.8 Å². The minimum absolute atomic E-state index is 0.0239. The molecule has 9 N–H and O–H groups in total. The molecule has 1 aliphatic rings. The highest BCUT2D eigenvalue weighted by Crippen LogP contribution is 2.53. The summed E-state index contributed by atoms with van der Waals surface area (Å²) in [6.07, 6.45) is 18.1. The van der Waals surface area contributed by atoms with E-state index in [9.17, 15) is 72.3 Å². The fourth-order valence-electron chi connectivity index (χ4n) is 7.78. The molecule has 0 aromatic rings. The molecule has 0 radical (unpaired) electrons. The fourth-order valence-corrected chi connectivity index (χ4v) is 10.4. The molecule has 3 unspecified atom stereocenters. The Labute approximate surface area is 420 Å². The summed E-state index contributed by atoms with van der Waals surface area (Å²) < 4.78 is 82.2. The number of ether oxygens (including phenoxy) is 2. The number of allylic oxidation sites excluding steroid dienone is 4. The SMILES string of the molecule is CCCCCCCC/C=C/CCCCCCCC(=O)OC[C@@H](COP(=O)(O)OC1[C@H](O)[C@H](OP(=O)(O)O)C(OP(=O)(O)O)[C@H](OP(=O)(O)O)[C@H]1O)OC(=O)CCCCCCC/C=C/CCCCCCCC. The van der Waals surface area contributed by atoms with Gasteiger partial charge in [0.25, 0.3) is 0 Å². The lowest BCUT2D eigenvalue weighted by Crippen LogP contribution is -2.65. The maximum Gasteiger partial charge on any atom is 0.472 e. The second-order valence-electron chi connectivity index (χ2n) is 18.0. The number of esters is 2. The lowest BCUT2D eigenvalue weighted by atomic mass is 9.85. The van der Waals surface area contributed by atoms with E-state index in [1.165, 1.54) is 77.0 Å². The number of phosphoric acid groups is 4. The van der Waals surface area contributed by atoms with Crippen LogP contribution >= 0.6 is 31.3 Å². The molecule has 1 saturated carbocycles. The highest BCUT2D eigenvalue weighted by molar-refractivity contribution is 7.47. The van der Waals surface area contributed by atoms with Gasteiger partial charge < -0.3 is 53.9 Å². The second kappa shape index (κ2) is 38.3. The number of hydrogen-bond donors (Lipinski definition) is 9. The molecule has 0 bridgehead atoms. The maximum absolute atomic E-state index is 13.3. The molecule has 8 atom stereocenters. The third-order valence-corrected chi connectivity index (χ3v) is 14.0. The van der Waals surface area contributed by atoms with Gasteiger partial charge in [-0.05, 0) is 64.2 Å². The lowest BCUT2D eigenvalue weighted by Gasteiger charge is -2.45. The topological polar surface area (TPSA) is 349 Å². The van der Waals surface area contributed by atoms with Crippen molar-refractivity contribution in [2.45, 2.75) is 236 Å². The highest BCUT2D eigenvalue weighted by atomic mass is 31.2. The van der Waals surface area contributed by atoms with Gasteiger partial charge in [-0.1, -0.05) is 141 Å². The third-order valence-electron chi connectivity index (χ3n) is 11.5. The van der Waals surface area contributed by atoms with Crippen molar-refractivity contribution < 1.29 is 104 Å². The number of phosphoric ester groups is 4. The Hall–Kier alpha value is -1.22. The van der Waals surface area contributed by atoms with E-state index in [1.807, 2.05) is 0 Å². The summed E-state index contributed by atoms with van der Waals surface area (Å²) in [5.41, 5.74) is 0. The summed E-state index contributed by atoms with van der Waals surface area (Å²) in [5.74, 6) is -1.42. The molecular formula is C45H86O22P4. The molecule has 418 valence electrons. The Balaban J connectivity index is 2.89. The summed E-state index contributed by atoms with van der Waals surface area (Å²) >= 11 is 0. The van der Waals surface area contributed by atoms with E-state index in [0.29, 0.717) is 19.3 Å². The van der Waals surface area contributed by atoms with Gasteiger partial charge in [-0.2, -0.15) is 0 Å². The molecule has 1 rings (SSSR count). The minimum atomic E-state index is -5.79. The minimum Gasteiger partial charge on any atom is -0.462 e. The van der Waals surface area contributed by atoms with Crippen molar-refractivity contribution in [3.05, 3.63) is 24.3 Å². The number of carbonyl (C=O) groups is 2. The quantitative estimate of drug-likeness (QED) is 0.0119. The number of aliphatic hydroxyl groups is 2. The molecule has 0 heterocycles. The number of unbranched alkanes of at least 4 members (excludes halogenated alkanes) is 22. The monoisotopic (exact) mass is 1100 g/mol. The smallest absolute Gasteiger partial charge is 0.462 e. The maximum atomic E-state index is 13.3. The molecule has 0 spiro atoms. The van der Waals surface area contributed by atoms with Crippen molar-refractivity contribution in [3.63, 3.8) is 0 Å². The van der Waals surface area contributed by atoms with Crippen LogP contribution < -0.4 is 0 Å². The van der Waals surface area contributed by atoms with Gasteiger partial charge in [0.2, 0.25) is 0 Å². The summed E-state index contributed by atoms with van der Waals surface area (Å²) in [6, 6.07) is 0. The molecule has 0 aliphatic heterocycles. The fraction of sp³-hybridized carbons (Fsp3) is 0.867. The molecule has 26 heteroatoms. The molecule has 0 aromatic carbocycles. The van der Waals surface area contributed by atoms with Gasteiger partial charge in [-0.3, -0.25) is 32.2 Å². The van der Waals surface area contributed by atoms with Gasteiger partial charge in [0.15, 0.2) is 6.10 Å². The zero-order chi connectivity index (χ0) is 53.2. The van der Waals surface area contributed by atoms with Crippen molar-refractivity contribution in [3.8, 4) is 0 Å². The second-order valence-corrected chi connectivity index (χ2v) is 22.9. The zero-order valence-electron chi connectivity index (χ0n) is 41.7. The van der Waals surface area contributed by atoms with E-state index in [4.69, 9.17) is 18.5 Å². The number of aliphatic hydroxyl groups excluding tert-OH is 2. The average Bonchev–Trinajstić information content (AvgIpc) is 3.27. The van der Waals surface area contributed by atoms with Gasteiger partial charge in [0, 0.05) is 12.8 Å². The Morgan fingerprint density at radius 3 is 1.15 bits per heavy atom. The molecule has 0 aromatic heterocycles. The molecule has 71 heavy (non-hydrogen) atoms. The van der Waals surface area contributed by atoms with E-state index in [1.54, 1.807) is 0 Å². The third kappa shape index (κ3) is 36.4. The first kappa shape index (κ1) is 67.8. The highest BCUT2D eigenvalue weighted by Gasteiger charge is 2.59. The van der Waals surface area contributed by atoms with Gasteiger partial charge in [0.05, 0.1) is 6.61 Å². The molecule has 0 amide bonds. The first-order valence-corrected chi connectivity index (χ1v) is 31.5. The number of hydrogen-bond acceptors (Lipinski definition) is 15. The zero-order valence-corrected chi connectivity index (χ0v) is 45.3. The van der Waals surface area contributed by atoms with E-state index < -0.39 is 99.2 Å². The van der Waals surface area contributed by atoms with E-state index in [2.05, 4.69) is 51.7 Å². The van der Waals surface area contributed by atoms with Crippen LogP contribution in [0.5, 0.6) is 0 Å². The van der Waals surface area contributed by atoms with E-state index >= 15 is 0 Å². The summed E-state index contributed by atoms with van der Waals surface area (Å²) in [5, 5.41) is 21.9. The van der Waals surface area contributed by atoms with Crippen LogP contribution in [0.4, 0.5) is 0 Å². The summed E-state index contributed by atoms with van der Waals surface area (Å²) in [7, 11) is -23.0. The molecule has 1 aliphatic carbocycles. The first-order valence-electron chi connectivity index (χ1n) is 25.4. The van der Waals surface area contributed by atoms with Crippen molar-refractivity contribution >= 4 is 43.2 Å². The first-order chi connectivity index (χ1) is 33.5. The van der Waals surface area contributed by atoms with Crippen LogP contribution in [0.15, 0.2) is 24.3 Å². The van der Waals surface area contributed by atoms with Gasteiger partial charge in [0.1, 0.15) is 43.2 Å². The average molecular weight is 1100 g/mol. The van der Waals surface area contributed by atoms with Crippen molar-refractivity contribution in [1.29, 1.82) is 0 Å². The lowest BCUT2D eigenvalue weighted by molar-refractivity contribution is -0.209. The molecule has 22 nitrogen and oxygen atoms in total. The Kier molecular flexibility index (Phi) is 36.6. The molecular weight excluding hydrogens is 1020 g/mol. The van der Waals surface area contributed by atoms with Crippen LogP contribution in [0.3, 0.4) is 0 Å². The molecule has 0 saturated heterocycles. The predicted molar refractivity (Wildman–Crippen MR) is 263 cm³/mol.